The van der Waals surface area contributed by atoms with Crippen LogP contribution in [0.3, 0.4) is 0 Å². The summed E-state index contributed by atoms with van der Waals surface area (Å²) in [7, 11) is 3.53. The van der Waals surface area contributed by atoms with Crippen LogP contribution in [0.4, 0.5) is 0 Å². The molecule has 7 nitrogen and oxygen atoms in total. The van der Waals surface area contributed by atoms with Crippen LogP contribution in [0.25, 0.3) is 0 Å². The van der Waals surface area contributed by atoms with Crippen LogP contribution in [0.2, 0.25) is 0 Å². The second-order valence-corrected chi connectivity index (χ2v) is 14.5. The largest absolute Gasteiger partial charge is 0.497 e. The van der Waals surface area contributed by atoms with Crippen molar-refractivity contribution in [1.82, 2.24) is 0 Å². The predicted molar refractivity (Wildman–Crippen MR) is 160 cm³/mol. The third-order valence-electron chi connectivity index (χ3n) is 12.7. The lowest BCUT2D eigenvalue weighted by molar-refractivity contribution is -0.305. The van der Waals surface area contributed by atoms with Gasteiger partial charge in [0.05, 0.1) is 26.4 Å². The minimum absolute atomic E-state index is 0.0649. The van der Waals surface area contributed by atoms with Crippen molar-refractivity contribution in [3.05, 3.63) is 35.4 Å². The fourth-order valence-electron chi connectivity index (χ4n) is 10.4. The van der Waals surface area contributed by atoms with E-state index in [1.54, 1.807) is 21.1 Å². The van der Waals surface area contributed by atoms with E-state index in [0.717, 1.165) is 37.2 Å². The van der Waals surface area contributed by atoms with Crippen LogP contribution in [0.15, 0.2) is 29.8 Å². The molecule has 9 unspecified atom stereocenters. The van der Waals surface area contributed by atoms with E-state index >= 15 is 0 Å². The Labute approximate surface area is 251 Å². The van der Waals surface area contributed by atoms with E-state index < -0.39 is 30.7 Å². The minimum atomic E-state index is -1.27. The van der Waals surface area contributed by atoms with Crippen molar-refractivity contribution in [2.24, 2.45) is 34.5 Å². The molecule has 3 saturated carbocycles. The average Bonchev–Trinajstić information content (AvgIpc) is 3.30. The standard InChI is InChI=1S/C35H52O7/c1-7-26-24(25-17-21(39-5)9-11-29(25)40-6)18-28-23-10-8-20-16-22(42-33-32(38)31(37)30(36)19(2)41-33)12-14-34(20,3)27(23)13-15-35(26,28)4/h8-9,11,17,19,22-24,26-28,30-33,36-38H,7,10,12-16,18H2,1-6H3/t19-,22?,23?,24?,26?,27?,28?,30+,31+,32-,33?,34?,35?/m0/s1. The summed E-state index contributed by atoms with van der Waals surface area (Å²) in [6.07, 6.45) is 6.14. The summed E-state index contributed by atoms with van der Waals surface area (Å²) >= 11 is 0. The lowest BCUT2D eigenvalue weighted by Gasteiger charge is -2.58. The van der Waals surface area contributed by atoms with Gasteiger partial charge in [-0.2, -0.15) is 0 Å². The van der Waals surface area contributed by atoms with Gasteiger partial charge < -0.3 is 34.3 Å². The monoisotopic (exact) mass is 584 g/mol. The first-order valence-electron chi connectivity index (χ1n) is 16.3. The molecule has 3 N–H and O–H groups in total. The number of fused-ring (bicyclic) bond motifs is 5. The maximum Gasteiger partial charge on any atom is 0.186 e. The Balaban J connectivity index is 1.22. The Bertz CT molecular complexity index is 1170. The highest BCUT2D eigenvalue weighted by molar-refractivity contribution is 5.44. The van der Waals surface area contributed by atoms with Gasteiger partial charge in [-0.1, -0.05) is 38.8 Å². The normalized spacial score (nSPS) is 46.7. The predicted octanol–water partition coefficient (Wildman–Crippen LogP) is 5.60. The number of aliphatic hydroxyl groups is 3. The Kier molecular flexibility index (Phi) is 8.23. The lowest BCUT2D eigenvalue weighted by atomic mass is 9.47. The lowest BCUT2D eigenvalue weighted by Crippen LogP contribution is -2.58. The Hall–Kier alpha value is -1.64. The first-order chi connectivity index (χ1) is 20.0. The van der Waals surface area contributed by atoms with Gasteiger partial charge >= 0.3 is 0 Å². The molecule has 4 fully saturated rings. The molecular formula is C35H52O7. The zero-order chi connectivity index (χ0) is 30.0. The first kappa shape index (κ1) is 30.4. The van der Waals surface area contributed by atoms with Crippen molar-refractivity contribution < 1.29 is 34.3 Å². The van der Waals surface area contributed by atoms with Crippen LogP contribution < -0.4 is 9.47 Å². The van der Waals surface area contributed by atoms with Crippen LogP contribution in [0.1, 0.15) is 90.5 Å². The molecule has 4 aliphatic carbocycles. The molecule has 1 aromatic carbocycles. The molecule has 0 amide bonds. The number of aliphatic hydroxyl groups excluding tert-OH is 3. The Morgan fingerprint density at radius 3 is 2.48 bits per heavy atom. The molecule has 0 aromatic heterocycles. The number of methoxy groups -OCH3 is 2. The van der Waals surface area contributed by atoms with E-state index in [-0.39, 0.29) is 11.5 Å². The maximum absolute atomic E-state index is 10.5. The van der Waals surface area contributed by atoms with Crippen LogP contribution >= 0.6 is 0 Å². The number of benzene rings is 1. The van der Waals surface area contributed by atoms with E-state index in [2.05, 4.69) is 39.0 Å². The van der Waals surface area contributed by atoms with Gasteiger partial charge in [0.15, 0.2) is 6.29 Å². The number of hydrogen-bond acceptors (Lipinski definition) is 7. The van der Waals surface area contributed by atoms with Gasteiger partial charge in [-0.25, -0.2) is 0 Å². The van der Waals surface area contributed by atoms with E-state index in [9.17, 15) is 15.3 Å². The zero-order valence-electron chi connectivity index (χ0n) is 26.3. The van der Waals surface area contributed by atoms with Gasteiger partial charge in [0.25, 0.3) is 0 Å². The molecule has 0 spiro atoms. The molecule has 13 atom stereocenters. The quantitative estimate of drug-likeness (QED) is 0.375. The summed E-state index contributed by atoms with van der Waals surface area (Å²) < 4.78 is 23.6. The van der Waals surface area contributed by atoms with Gasteiger partial charge in [-0.05, 0) is 110 Å². The fraction of sp³-hybridized carbons (Fsp3) is 0.771. The maximum atomic E-state index is 10.5. The number of rotatable bonds is 6. The second kappa shape index (κ2) is 11.4. The van der Waals surface area contributed by atoms with Gasteiger partial charge in [-0.15, -0.1) is 0 Å². The molecule has 1 saturated heterocycles. The highest BCUT2D eigenvalue weighted by Gasteiger charge is 2.61. The molecular weight excluding hydrogens is 532 g/mol. The Morgan fingerprint density at radius 1 is 0.976 bits per heavy atom. The topological polar surface area (TPSA) is 97.6 Å². The molecule has 0 radical (unpaired) electrons. The van der Waals surface area contributed by atoms with Crippen molar-refractivity contribution >= 4 is 0 Å². The SMILES string of the molecule is CCC1C(c2cc(OC)ccc2OC)CC2C3CC=C4CC(OC5O[C@@H](C)[C@@H](O)[C@@H](O)[C@@H]5O)CCC4(C)C3CCC12C. The smallest absolute Gasteiger partial charge is 0.186 e. The average molecular weight is 585 g/mol. The minimum Gasteiger partial charge on any atom is -0.497 e. The third-order valence-corrected chi connectivity index (χ3v) is 12.7. The van der Waals surface area contributed by atoms with Crippen LogP contribution in [-0.2, 0) is 9.47 Å². The van der Waals surface area contributed by atoms with Crippen LogP contribution in [0, 0.1) is 34.5 Å². The number of ether oxygens (including phenoxy) is 4. The van der Waals surface area contributed by atoms with E-state index in [0.29, 0.717) is 35.0 Å². The fourth-order valence-corrected chi connectivity index (χ4v) is 10.4. The summed E-state index contributed by atoms with van der Waals surface area (Å²) in [5.41, 5.74) is 3.28. The Morgan fingerprint density at radius 2 is 1.76 bits per heavy atom. The second-order valence-electron chi connectivity index (χ2n) is 14.5. The summed E-state index contributed by atoms with van der Waals surface area (Å²) in [6, 6.07) is 6.30. The van der Waals surface area contributed by atoms with Gasteiger partial charge in [0, 0.05) is 5.56 Å². The summed E-state index contributed by atoms with van der Waals surface area (Å²) in [5.74, 6) is 4.98. The van der Waals surface area contributed by atoms with Crippen LogP contribution in [-0.4, -0.2) is 66.3 Å². The van der Waals surface area contributed by atoms with Crippen molar-refractivity contribution in [3.8, 4) is 11.5 Å². The zero-order valence-corrected chi connectivity index (χ0v) is 26.3. The molecule has 42 heavy (non-hydrogen) atoms. The molecule has 0 bridgehead atoms. The molecule has 234 valence electrons. The molecule has 5 aliphatic rings. The van der Waals surface area contributed by atoms with Crippen molar-refractivity contribution in [3.63, 3.8) is 0 Å². The molecule has 1 heterocycles. The van der Waals surface area contributed by atoms with Gasteiger partial charge in [-0.3, -0.25) is 0 Å². The summed E-state index contributed by atoms with van der Waals surface area (Å²) in [4.78, 5) is 0. The molecule has 7 heteroatoms. The number of allylic oxidation sites excluding steroid dienone is 1. The van der Waals surface area contributed by atoms with E-state index in [1.165, 1.54) is 36.8 Å². The number of hydrogen-bond donors (Lipinski definition) is 3. The molecule has 6 rings (SSSR count). The van der Waals surface area contributed by atoms with E-state index in [1.807, 2.05) is 6.07 Å². The van der Waals surface area contributed by atoms with Gasteiger partial charge in [0.1, 0.15) is 29.8 Å². The van der Waals surface area contributed by atoms with Crippen molar-refractivity contribution in [1.29, 1.82) is 0 Å². The van der Waals surface area contributed by atoms with Crippen molar-refractivity contribution in [2.45, 2.75) is 122 Å². The van der Waals surface area contributed by atoms with Gasteiger partial charge in [0.2, 0.25) is 0 Å². The highest BCUT2D eigenvalue weighted by atomic mass is 16.7. The summed E-state index contributed by atoms with van der Waals surface area (Å²) in [5, 5.41) is 30.9. The van der Waals surface area contributed by atoms with Crippen molar-refractivity contribution in [2.75, 3.05) is 14.2 Å². The van der Waals surface area contributed by atoms with Crippen LogP contribution in [0.5, 0.6) is 11.5 Å². The van der Waals surface area contributed by atoms with E-state index in [4.69, 9.17) is 18.9 Å². The first-order valence-corrected chi connectivity index (χ1v) is 16.3. The molecule has 1 aromatic rings. The molecule has 1 aliphatic heterocycles. The summed E-state index contributed by atoms with van der Waals surface area (Å²) in [6.45, 7) is 9.16. The third kappa shape index (κ3) is 4.73. The highest BCUT2D eigenvalue weighted by Crippen LogP contribution is 2.69.